The minimum Gasteiger partial charge on any atom is -0.504 e. The van der Waals surface area contributed by atoms with Crippen molar-refractivity contribution in [2.75, 3.05) is 7.11 Å². The van der Waals surface area contributed by atoms with E-state index in [4.69, 9.17) is 4.74 Å². The second kappa shape index (κ2) is 6.83. The molecule has 3 rings (SSSR count). The van der Waals surface area contributed by atoms with E-state index in [2.05, 4.69) is 20.5 Å². The monoisotopic (exact) mass is 338 g/mol. The third-order valence-electron chi connectivity index (χ3n) is 3.41. The van der Waals surface area contributed by atoms with Crippen molar-refractivity contribution in [1.82, 2.24) is 15.4 Å². The zero-order valence-corrected chi connectivity index (χ0v) is 13.2. The molecule has 0 spiro atoms. The summed E-state index contributed by atoms with van der Waals surface area (Å²) in [5.74, 6) is -0.494. The van der Waals surface area contributed by atoms with Gasteiger partial charge >= 0.3 is 5.91 Å². The van der Waals surface area contributed by atoms with Crippen LogP contribution in [0.2, 0.25) is 0 Å². The number of benzene rings is 2. The van der Waals surface area contributed by atoms with Crippen molar-refractivity contribution in [2.24, 2.45) is 5.10 Å². The average Bonchev–Trinajstić information content (AvgIpc) is 2.63. The molecule has 0 atom stereocenters. The molecule has 1 amide bonds. The van der Waals surface area contributed by atoms with E-state index in [1.165, 1.54) is 19.4 Å². The topological polar surface area (TPSA) is 117 Å². The summed E-state index contributed by atoms with van der Waals surface area (Å²) in [6, 6.07) is 11.3. The fraction of sp³-hybridized carbons (Fsp3) is 0.0588. The van der Waals surface area contributed by atoms with Gasteiger partial charge in [0.1, 0.15) is 0 Å². The third kappa shape index (κ3) is 3.47. The van der Waals surface area contributed by atoms with Crippen molar-refractivity contribution in [3.63, 3.8) is 0 Å². The van der Waals surface area contributed by atoms with Gasteiger partial charge in [-0.15, -0.1) is 0 Å². The van der Waals surface area contributed by atoms with Gasteiger partial charge in [0.2, 0.25) is 5.82 Å². The Bertz CT molecular complexity index is 1030. The van der Waals surface area contributed by atoms with Crippen molar-refractivity contribution >= 4 is 23.0 Å². The molecule has 0 saturated heterocycles. The van der Waals surface area contributed by atoms with Gasteiger partial charge in [-0.2, -0.15) is 5.10 Å². The number of hydrazone groups is 1. The quantitative estimate of drug-likeness (QED) is 0.491. The number of phenolic OH excluding ortho intramolecular Hbond substituents is 1. The van der Waals surface area contributed by atoms with Gasteiger partial charge in [-0.1, -0.05) is 12.1 Å². The predicted molar refractivity (Wildman–Crippen MR) is 92.1 cm³/mol. The number of aromatic hydroxyl groups is 1. The van der Waals surface area contributed by atoms with Crippen molar-refractivity contribution in [1.29, 1.82) is 0 Å². The predicted octanol–water partition coefficient (Wildman–Crippen LogP) is 1.40. The van der Waals surface area contributed by atoms with Gasteiger partial charge in [-0.05, 0) is 35.9 Å². The lowest BCUT2D eigenvalue weighted by Crippen LogP contribution is -2.24. The van der Waals surface area contributed by atoms with Crippen molar-refractivity contribution in [3.8, 4) is 11.5 Å². The highest BCUT2D eigenvalue weighted by Crippen LogP contribution is 2.25. The number of phenols is 1. The van der Waals surface area contributed by atoms with Gasteiger partial charge < -0.3 is 14.8 Å². The first kappa shape index (κ1) is 16.2. The van der Waals surface area contributed by atoms with Gasteiger partial charge in [0.05, 0.1) is 24.2 Å². The van der Waals surface area contributed by atoms with Crippen molar-refractivity contribution in [3.05, 3.63) is 64.2 Å². The number of nitrogens with zero attached hydrogens (tertiary/aromatic N) is 2. The average molecular weight is 338 g/mol. The maximum Gasteiger partial charge on any atom is 0.307 e. The molecular weight excluding hydrogens is 324 g/mol. The summed E-state index contributed by atoms with van der Waals surface area (Å²) < 4.78 is 4.99. The SMILES string of the molecule is COc1cc(C=NNC(=O)c2nc3ccccc3c(=O)[nH]2)ccc1O. The highest BCUT2D eigenvalue weighted by Gasteiger charge is 2.10. The Labute approximate surface area is 141 Å². The molecule has 0 aliphatic heterocycles. The Morgan fingerprint density at radius 1 is 1.32 bits per heavy atom. The molecule has 0 unspecified atom stereocenters. The van der Waals surface area contributed by atoms with E-state index in [1.807, 2.05) is 0 Å². The second-order valence-electron chi connectivity index (χ2n) is 5.06. The van der Waals surface area contributed by atoms with Crippen LogP contribution in [0, 0.1) is 0 Å². The molecule has 126 valence electrons. The maximum atomic E-state index is 12.1. The number of para-hydroxylation sites is 1. The van der Waals surface area contributed by atoms with E-state index < -0.39 is 11.5 Å². The van der Waals surface area contributed by atoms with Crippen molar-refractivity contribution < 1.29 is 14.6 Å². The molecule has 3 aromatic rings. The smallest absolute Gasteiger partial charge is 0.307 e. The number of hydrogen-bond acceptors (Lipinski definition) is 6. The number of ether oxygens (including phenoxy) is 1. The largest absolute Gasteiger partial charge is 0.504 e. The number of aromatic amines is 1. The highest BCUT2D eigenvalue weighted by molar-refractivity contribution is 5.93. The zero-order chi connectivity index (χ0) is 17.8. The first-order valence-corrected chi connectivity index (χ1v) is 7.28. The Morgan fingerprint density at radius 2 is 2.12 bits per heavy atom. The summed E-state index contributed by atoms with van der Waals surface area (Å²) in [7, 11) is 1.43. The number of hydrogen-bond donors (Lipinski definition) is 3. The molecule has 1 aromatic heterocycles. The number of rotatable bonds is 4. The molecule has 0 fully saturated rings. The highest BCUT2D eigenvalue weighted by atomic mass is 16.5. The molecule has 0 saturated carbocycles. The van der Waals surface area contributed by atoms with Crippen molar-refractivity contribution in [2.45, 2.75) is 0 Å². The summed E-state index contributed by atoms with van der Waals surface area (Å²) in [6.07, 6.45) is 1.37. The maximum absolute atomic E-state index is 12.1. The minimum absolute atomic E-state index is 0.00150. The summed E-state index contributed by atoms with van der Waals surface area (Å²) in [5.41, 5.74) is 2.91. The number of carbonyl (C=O) groups is 1. The summed E-state index contributed by atoms with van der Waals surface area (Å²) in [5, 5.41) is 13.7. The van der Waals surface area contributed by atoms with E-state index in [0.29, 0.717) is 16.5 Å². The number of carbonyl (C=O) groups excluding carboxylic acids is 1. The summed E-state index contributed by atoms with van der Waals surface area (Å²) in [6.45, 7) is 0. The van der Waals surface area contributed by atoms with Gasteiger partial charge in [-0.25, -0.2) is 10.4 Å². The Morgan fingerprint density at radius 3 is 2.92 bits per heavy atom. The van der Waals surface area contributed by atoms with Crippen LogP contribution in [-0.4, -0.2) is 34.3 Å². The molecule has 0 bridgehead atoms. The van der Waals surface area contributed by atoms with Gasteiger partial charge in [0, 0.05) is 0 Å². The van der Waals surface area contributed by atoms with Crippen LogP contribution in [0.5, 0.6) is 11.5 Å². The van der Waals surface area contributed by atoms with Crippen LogP contribution >= 0.6 is 0 Å². The van der Waals surface area contributed by atoms with E-state index >= 15 is 0 Å². The fourth-order valence-corrected chi connectivity index (χ4v) is 2.19. The fourth-order valence-electron chi connectivity index (χ4n) is 2.19. The molecular formula is C17H14N4O4. The molecule has 8 heteroatoms. The number of fused-ring (bicyclic) bond motifs is 1. The molecule has 3 N–H and O–H groups in total. The number of nitrogens with one attached hydrogen (secondary N) is 2. The van der Waals surface area contributed by atoms with E-state index in [0.717, 1.165) is 0 Å². The molecule has 0 aliphatic rings. The molecule has 25 heavy (non-hydrogen) atoms. The standard InChI is InChI=1S/C17H14N4O4/c1-25-14-8-10(6-7-13(14)22)9-18-21-17(24)15-19-12-5-3-2-4-11(12)16(23)20-15/h2-9,22H,1H3,(H,21,24)(H,19,20,23). The van der Waals surface area contributed by atoms with Crippen LogP contribution in [0.25, 0.3) is 10.9 Å². The molecule has 1 heterocycles. The number of methoxy groups -OCH3 is 1. The summed E-state index contributed by atoms with van der Waals surface area (Å²) >= 11 is 0. The molecule has 2 aromatic carbocycles. The van der Waals surface area contributed by atoms with E-state index in [1.54, 1.807) is 36.4 Å². The van der Waals surface area contributed by atoms with Gasteiger partial charge in [-0.3, -0.25) is 9.59 Å². The van der Waals surface area contributed by atoms with E-state index in [9.17, 15) is 14.7 Å². The Balaban J connectivity index is 1.77. The number of H-pyrrole nitrogens is 1. The lowest BCUT2D eigenvalue weighted by atomic mass is 10.2. The minimum atomic E-state index is -0.648. The third-order valence-corrected chi connectivity index (χ3v) is 3.41. The summed E-state index contributed by atoms with van der Waals surface area (Å²) in [4.78, 5) is 30.6. The Hall–Kier alpha value is -3.68. The lowest BCUT2D eigenvalue weighted by molar-refractivity contribution is 0.0945. The zero-order valence-electron chi connectivity index (χ0n) is 13.2. The van der Waals surface area contributed by atoms with Gasteiger partial charge in [0.25, 0.3) is 5.56 Å². The first-order chi connectivity index (χ1) is 12.1. The van der Waals surface area contributed by atoms with E-state index in [-0.39, 0.29) is 17.3 Å². The van der Waals surface area contributed by atoms with Crippen LogP contribution in [0.15, 0.2) is 52.4 Å². The number of aromatic nitrogens is 2. The normalized spacial score (nSPS) is 10.9. The van der Waals surface area contributed by atoms with Crippen LogP contribution in [0.4, 0.5) is 0 Å². The second-order valence-corrected chi connectivity index (χ2v) is 5.06. The number of amides is 1. The molecule has 0 aliphatic carbocycles. The molecule has 8 nitrogen and oxygen atoms in total. The lowest BCUT2D eigenvalue weighted by Gasteiger charge is -2.03. The van der Waals surface area contributed by atoms with Crippen LogP contribution in [0.1, 0.15) is 16.2 Å². The Kier molecular flexibility index (Phi) is 4.42. The van der Waals surface area contributed by atoms with Crippen LogP contribution in [-0.2, 0) is 0 Å². The van der Waals surface area contributed by atoms with Gasteiger partial charge in [0.15, 0.2) is 11.5 Å². The molecule has 0 radical (unpaired) electrons. The van der Waals surface area contributed by atoms with Crippen LogP contribution in [0.3, 0.4) is 0 Å². The van der Waals surface area contributed by atoms with Crippen LogP contribution < -0.4 is 15.7 Å². The first-order valence-electron chi connectivity index (χ1n) is 7.28.